The van der Waals surface area contributed by atoms with Crippen LogP contribution >= 0.6 is 0 Å². The summed E-state index contributed by atoms with van der Waals surface area (Å²) in [6, 6.07) is 0. The standard InChI is InChI=1S/CH8N6.CH7N5/c2-1(6-3)7(4)5;2-1(5-3)6-4/h3-5H2,(H2,2,6);3-4H2,(H3,2,5,6). The van der Waals surface area contributed by atoms with E-state index in [9.17, 15) is 0 Å². The van der Waals surface area contributed by atoms with Crippen LogP contribution < -0.4 is 46.1 Å². The molecule has 0 amide bonds. The molecule has 11 nitrogen and oxygen atoms in total. The fraction of sp³-hybridized carbons (Fsp3) is 0. The monoisotopic (exact) mass is 193 g/mol. The summed E-state index contributed by atoms with van der Waals surface area (Å²) in [5.74, 6) is 23.5. The molecule has 0 aliphatic rings. The zero-order valence-corrected chi connectivity index (χ0v) is 6.88. The summed E-state index contributed by atoms with van der Waals surface area (Å²) in [5, 5.41) is 6.55. The van der Waals surface area contributed by atoms with Crippen LogP contribution in [0.15, 0.2) is 10.2 Å². The van der Waals surface area contributed by atoms with E-state index in [1.165, 1.54) is 0 Å². The maximum absolute atomic E-state index is 4.92. The first-order valence-electron chi connectivity index (χ1n) is 2.82. The molecule has 0 saturated heterocycles. The molecule has 0 aliphatic carbocycles. The fourth-order valence-corrected chi connectivity index (χ4v) is 0.104. The molecule has 0 aromatic rings. The molecule has 11 heteroatoms. The van der Waals surface area contributed by atoms with Crippen molar-refractivity contribution in [1.82, 2.24) is 10.5 Å². The first-order chi connectivity index (χ1) is 5.99. The van der Waals surface area contributed by atoms with E-state index in [-0.39, 0.29) is 11.9 Å². The lowest BCUT2D eigenvalue weighted by molar-refractivity contribution is 0.457. The smallest absolute Gasteiger partial charge is 0.242 e. The number of hydrogen-bond donors (Lipinski definition) is 8. The predicted molar refractivity (Wildman–Crippen MR) is 49.2 cm³/mol. The number of nitrogens with one attached hydrogen (secondary N) is 1. The Morgan fingerprint density at radius 1 is 1.08 bits per heavy atom. The highest BCUT2D eigenvalue weighted by atomic mass is 15.6. The summed E-state index contributed by atoms with van der Waals surface area (Å²) in [6.07, 6.45) is 0. The van der Waals surface area contributed by atoms with E-state index >= 15 is 0 Å². The molecule has 0 radical (unpaired) electrons. The van der Waals surface area contributed by atoms with Crippen LogP contribution in [0.1, 0.15) is 0 Å². The van der Waals surface area contributed by atoms with E-state index in [1.54, 1.807) is 0 Å². The van der Waals surface area contributed by atoms with Crippen LogP contribution in [0, 0.1) is 0 Å². The molecule has 0 bridgehead atoms. The van der Waals surface area contributed by atoms with Crippen molar-refractivity contribution in [3.63, 3.8) is 0 Å². The van der Waals surface area contributed by atoms with E-state index in [4.69, 9.17) is 29.0 Å². The predicted octanol–water partition coefficient (Wildman–Crippen LogP) is -5.14. The Hall–Kier alpha value is -1.98. The van der Waals surface area contributed by atoms with Gasteiger partial charge in [-0.3, -0.25) is 5.43 Å². The van der Waals surface area contributed by atoms with Gasteiger partial charge in [0, 0.05) is 0 Å². The number of hydrazone groups is 2. The molecule has 0 atom stereocenters. The highest BCUT2D eigenvalue weighted by Crippen LogP contribution is 1.55. The summed E-state index contributed by atoms with van der Waals surface area (Å²) < 4.78 is 0. The lowest BCUT2D eigenvalue weighted by atomic mass is 11.0. The summed E-state index contributed by atoms with van der Waals surface area (Å²) in [6.45, 7) is 0. The van der Waals surface area contributed by atoms with Crippen LogP contribution in [-0.2, 0) is 0 Å². The molecule has 0 saturated carbocycles. The number of guanidine groups is 2. The minimum absolute atomic E-state index is 0.0231. The zero-order valence-electron chi connectivity index (χ0n) is 6.88. The van der Waals surface area contributed by atoms with Crippen molar-refractivity contribution in [3.8, 4) is 0 Å². The van der Waals surface area contributed by atoms with Crippen molar-refractivity contribution in [2.75, 3.05) is 0 Å². The van der Waals surface area contributed by atoms with Crippen molar-refractivity contribution < 1.29 is 0 Å². The lowest BCUT2D eigenvalue weighted by Crippen LogP contribution is -2.48. The normalized spacial score (nSPS) is 11.3. The lowest BCUT2D eigenvalue weighted by Gasteiger charge is -2.06. The first kappa shape index (κ1) is 13.6. The third kappa shape index (κ3) is 10.0. The third-order valence-electron chi connectivity index (χ3n) is 0.684. The highest BCUT2D eigenvalue weighted by Gasteiger charge is 1.88. The summed E-state index contributed by atoms with van der Waals surface area (Å²) in [5.41, 5.74) is 11.8. The van der Waals surface area contributed by atoms with Crippen molar-refractivity contribution >= 4 is 11.9 Å². The van der Waals surface area contributed by atoms with Crippen LogP contribution in [-0.4, -0.2) is 17.0 Å². The Bertz CT molecular complexity index is 167. The van der Waals surface area contributed by atoms with Gasteiger partial charge >= 0.3 is 0 Å². The molecule has 78 valence electrons. The minimum Gasteiger partial charge on any atom is -0.367 e. The molecular formula is C2H15N11. The zero-order chi connectivity index (χ0) is 10.9. The Labute approximate surface area is 74.4 Å². The number of rotatable bonds is 0. The van der Waals surface area contributed by atoms with Gasteiger partial charge in [-0.25, -0.2) is 22.6 Å². The molecule has 13 heavy (non-hydrogen) atoms. The van der Waals surface area contributed by atoms with E-state index in [1.807, 2.05) is 5.43 Å². The average molecular weight is 193 g/mol. The van der Waals surface area contributed by atoms with E-state index in [0.29, 0.717) is 5.12 Å². The van der Waals surface area contributed by atoms with Crippen molar-refractivity contribution in [2.24, 2.45) is 50.9 Å². The molecule has 0 aliphatic heterocycles. The number of hydrogen-bond acceptors (Lipinski definition) is 7. The largest absolute Gasteiger partial charge is 0.367 e. The van der Waals surface area contributed by atoms with Gasteiger partial charge in [0.05, 0.1) is 0 Å². The van der Waals surface area contributed by atoms with Crippen molar-refractivity contribution in [2.45, 2.75) is 0 Å². The topological polar surface area (TPSA) is 222 Å². The maximum Gasteiger partial charge on any atom is 0.242 e. The minimum atomic E-state index is -0.111. The van der Waals surface area contributed by atoms with Crippen molar-refractivity contribution in [3.05, 3.63) is 0 Å². The van der Waals surface area contributed by atoms with Crippen LogP contribution in [0.3, 0.4) is 0 Å². The van der Waals surface area contributed by atoms with Gasteiger partial charge in [-0.15, -0.1) is 10.2 Å². The molecule has 0 heterocycles. The first-order valence-corrected chi connectivity index (χ1v) is 2.82. The quantitative estimate of drug-likeness (QED) is 0.0795. The molecular weight excluding hydrogens is 178 g/mol. The summed E-state index contributed by atoms with van der Waals surface area (Å²) in [4.78, 5) is 0. The van der Waals surface area contributed by atoms with Gasteiger partial charge in [0.1, 0.15) is 0 Å². The fourth-order valence-electron chi connectivity index (χ4n) is 0.104. The molecule has 0 spiro atoms. The molecule has 0 aromatic heterocycles. The summed E-state index contributed by atoms with van der Waals surface area (Å²) >= 11 is 0. The van der Waals surface area contributed by atoms with E-state index < -0.39 is 0 Å². The summed E-state index contributed by atoms with van der Waals surface area (Å²) in [7, 11) is 0. The third-order valence-corrected chi connectivity index (χ3v) is 0.684. The number of hydrazine groups is 3. The Morgan fingerprint density at radius 2 is 1.54 bits per heavy atom. The van der Waals surface area contributed by atoms with Gasteiger partial charge in [-0.05, 0) is 0 Å². The SMILES string of the molecule is NN=C(N)N(N)N.NN=C(N)NN. The average Bonchev–Trinajstić information content (AvgIpc) is 2.16. The van der Waals surface area contributed by atoms with Gasteiger partial charge in [-0.2, -0.15) is 0 Å². The highest BCUT2D eigenvalue weighted by molar-refractivity contribution is 5.76. The second-order valence-corrected chi connectivity index (χ2v) is 1.55. The van der Waals surface area contributed by atoms with Crippen LogP contribution in [0.25, 0.3) is 0 Å². The second-order valence-electron chi connectivity index (χ2n) is 1.55. The number of nitrogens with zero attached hydrogens (tertiary/aromatic N) is 3. The van der Waals surface area contributed by atoms with E-state index in [0.717, 1.165) is 0 Å². The maximum atomic E-state index is 4.92. The molecule has 0 fully saturated rings. The Balaban J connectivity index is 0. The van der Waals surface area contributed by atoms with Crippen LogP contribution in [0.4, 0.5) is 0 Å². The molecule has 15 N–H and O–H groups in total. The van der Waals surface area contributed by atoms with Gasteiger partial charge in [0.2, 0.25) is 11.9 Å². The van der Waals surface area contributed by atoms with Crippen molar-refractivity contribution in [1.29, 1.82) is 0 Å². The molecule has 0 aromatic carbocycles. The van der Waals surface area contributed by atoms with Gasteiger partial charge in [-0.1, -0.05) is 0 Å². The van der Waals surface area contributed by atoms with E-state index in [2.05, 4.69) is 21.9 Å². The van der Waals surface area contributed by atoms with Gasteiger partial charge in [0.25, 0.3) is 0 Å². The second kappa shape index (κ2) is 8.12. The van der Waals surface area contributed by atoms with Crippen LogP contribution in [0.2, 0.25) is 0 Å². The van der Waals surface area contributed by atoms with Gasteiger partial charge in [0.15, 0.2) is 0 Å². The number of nitrogens with two attached hydrogens (primary N) is 7. The Kier molecular flexibility index (Phi) is 8.49. The van der Waals surface area contributed by atoms with Crippen LogP contribution in [0.5, 0.6) is 0 Å². The molecule has 0 rings (SSSR count). The molecule has 0 unspecified atom stereocenters. The Morgan fingerprint density at radius 3 is 1.54 bits per heavy atom. The van der Waals surface area contributed by atoms with Gasteiger partial charge < -0.3 is 23.2 Å².